The van der Waals surface area contributed by atoms with E-state index in [1.165, 1.54) is 29.4 Å². The largest absolute Gasteiger partial charge is 0.461 e. The number of nitrogens with one attached hydrogen (secondary N) is 2. The van der Waals surface area contributed by atoms with Crippen molar-refractivity contribution in [2.75, 3.05) is 0 Å². The number of imidazole rings is 1. The van der Waals surface area contributed by atoms with Gasteiger partial charge in [-0.15, -0.1) is 0 Å². The normalized spacial score (nSPS) is 22.6. The highest BCUT2D eigenvalue weighted by atomic mass is 79.9. The summed E-state index contributed by atoms with van der Waals surface area (Å²) in [7, 11) is -4.06. The van der Waals surface area contributed by atoms with Gasteiger partial charge < -0.3 is 19.8 Å². The molecule has 5 rings (SSSR count). The number of esters is 1. The fraction of sp³-hybridized carbons (Fsp3) is 0.452. The number of carbonyl (C=O) groups excluding carboxylic acids is 2. The molecule has 5 atom stereocenters. The Kier molecular flexibility index (Phi) is 9.38. The molecule has 2 aliphatic rings. The third kappa shape index (κ3) is 7.21. The first-order valence-corrected chi connectivity index (χ1v) is 17.2. The van der Waals surface area contributed by atoms with Crippen LogP contribution in [-0.4, -0.2) is 64.6 Å². The first-order chi connectivity index (χ1) is 21.0. The summed E-state index contributed by atoms with van der Waals surface area (Å²) in [4.78, 5) is 32.4. The Labute approximate surface area is 275 Å². The lowest BCUT2D eigenvalue weighted by atomic mass is 9.99. The van der Waals surface area contributed by atoms with Crippen LogP contribution in [0.2, 0.25) is 5.02 Å². The smallest absolute Gasteiger partial charge is 0.408 e. The second kappa shape index (κ2) is 12.7. The Hall–Kier alpha value is -3.00. The molecule has 242 valence electrons. The lowest BCUT2D eigenvalue weighted by Crippen LogP contribution is -2.50. The van der Waals surface area contributed by atoms with E-state index in [1.54, 1.807) is 45.2 Å². The van der Waals surface area contributed by atoms with Crippen LogP contribution in [0.15, 0.2) is 52.0 Å². The number of rotatable bonds is 7. The van der Waals surface area contributed by atoms with Gasteiger partial charge in [0.1, 0.15) is 34.3 Å². The van der Waals surface area contributed by atoms with Crippen LogP contribution in [0, 0.1) is 11.7 Å². The van der Waals surface area contributed by atoms with Crippen molar-refractivity contribution in [2.45, 2.75) is 88.6 Å². The minimum atomic E-state index is -4.06. The van der Waals surface area contributed by atoms with Crippen molar-refractivity contribution < 1.29 is 31.9 Å². The molecule has 2 bridgehead atoms. The summed E-state index contributed by atoms with van der Waals surface area (Å²) < 4.78 is 55.2. The fourth-order valence-electron chi connectivity index (χ4n) is 5.94. The quantitative estimate of drug-likeness (QED) is 0.260. The van der Waals surface area contributed by atoms with Gasteiger partial charge in [-0.3, -0.25) is 0 Å². The van der Waals surface area contributed by atoms with Crippen LogP contribution in [0.1, 0.15) is 53.9 Å². The van der Waals surface area contributed by atoms with E-state index in [0.717, 1.165) is 0 Å². The average molecular weight is 726 g/mol. The third-order valence-corrected chi connectivity index (χ3v) is 11.1. The zero-order valence-electron chi connectivity index (χ0n) is 25.4. The van der Waals surface area contributed by atoms with Gasteiger partial charge in [-0.2, -0.15) is 4.31 Å². The second-order valence-corrected chi connectivity index (χ2v) is 15.7. The predicted molar refractivity (Wildman–Crippen MR) is 170 cm³/mol. The van der Waals surface area contributed by atoms with Gasteiger partial charge in [0.05, 0.1) is 21.4 Å². The number of alkyl carbamates (subject to hydrolysis) is 1. The van der Waals surface area contributed by atoms with E-state index in [4.69, 9.17) is 21.1 Å². The van der Waals surface area contributed by atoms with E-state index < -0.39 is 57.7 Å². The average Bonchev–Trinajstić information content (AvgIpc) is 3.51. The first-order valence-electron chi connectivity index (χ1n) is 14.6. The molecule has 1 aromatic heterocycles. The number of amides is 1. The molecular formula is C31H35BrClFN4O6S. The van der Waals surface area contributed by atoms with Crippen LogP contribution >= 0.6 is 27.5 Å². The van der Waals surface area contributed by atoms with Crippen LogP contribution in [0.25, 0.3) is 22.6 Å². The van der Waals surface area contributed by atoms with E-state index in [0.29, 0.717) is 46.4 Å². The SMILES string of the molecule is C[C@H](NC(=O)OC(C)(C)C)C(=O)O[C@@H]1CC2C[C@@H](C)C(C1)N2S(=O)(=O)c1cc(-c2ncc(-c3ccc(Br)c(F)c3)[nH]2)ccc1Cl. The predicted octanol–water partition coefficient (Wildman–Crippen LogP) is 6.69. The monoisotopic (exact) mass is 724 g/mol. The number of sulfonamides is 1. The van der Waals surface area contributed by atoms with Gasteiger partial charge in [0.2, 0.25) is 10.0 Å². The van der Waals surface area contributed by atoms with Gasteiger partial charge in [-0.05, 0) is 86.3 Å². The van der Waals surface area contributed by atoms with Crippen LogP contribution in [0.3, 0.4) is 0 Å². The van der Waals surface area contributed by atoms with E-state index >= 15 is 0 Å². The molecule has 1 amide bonds. The lowest BCUT2D eigenvalue weighted by Gasteiger charge is -2.38. The van der Waals surface area contributed by atoms with Crippen molar-refractivity contribution in [1.29, 1.82) is 0 Å². The van der Waals surface area contributed by atoms with Crippen molar-refractivity contribution in [3.8, 4) is 22.6 Å². The third-order valence-electron chi connectivity index (χ3n) is 7.96. The van der Waals surface area contributed by atoms with Crippen molar-refractivity contribution in [3.05, 3.63) is 57.9 Å². The molecule has 45 heavy (non-hydrogen) atoms. The van der Waals surface area contributed by atoms with Gasteiger partial charge in [0.15, 0.2) is 0 Å². The molecule has 0 spiro atoms. The molecule has 2 aromatic carbocycles. The van der Waals surface area contributed by atoms with Crippen LogP contribution in [0.4, 0.5) is 9.18 Å². The molecule has 14 heteroatoms. The molecule has 2 fully saturated rings. The summed E-state index contributed by atoms with van der Waals surface area (Å²) in [5.41, 5.74) is 0.929. The second-order valence-electron chi connectivity index (χ2n) is 12.6. The number of fused-ring (bicyclic) bond motifs is 2. The van der Waals surface area contributed by atoms with E-state index in [9.17, 15) is 22.4 Å². The Morgan fingerprint density at radius 1 is 1.16 bits per heavy atom. The summed E-state index contributed by atoms with van der Waals surface area (Å²) in [5.74, 6) is -0.615. The van der Waals surface area contributed by atoms with Gasteiger partial charge in [0, 0.05) is 36.1 Å². The summed E-state index contributed by atoms with van der Waals surface area (Å²) in [6, 6.07) is 7.62. The molecule has 2 N–H and O–H groups in total. The Morgan fingerprint density at radius 2 is 1.87 bits per heavy atom. The number of benzene rings is 2. The van der Waals surface area contributed by atoms with Crippen LogP contribution < -0.4 is 5.32 Å². The number of aromatic amines is 1. The first kappa shape index (κ1) is 33.4. The van der Waals surface area contributed by atoms with Crippen LogP contribution in [0.5, 0.6) is 0 Å². The zero-order chi connectivity index (χ0) is 32.8. The molecule has 2 unspecified atom stereocenters. The number of ether oxygens (including phenoxy) is 2. The standard InChI is InChI=1S/C31H35BrClFN4O6S/c1-16-10-20-13-21(43-29(39)17(2)36-30(40)44-31(3,4)5)14-26(16)38(20)45(41,42)27-12-19(7-9-23(27)33)28-35-15-25(37-28)18-6-8-22(32)24(34)11-18/h6-9,11-12,15-17,20-21,26H,10,13-14H2,1-5H3,(H,35,37)(H,36,40)/t16-,17+,20?,21-,26?/m1/s1. The van der Waals surface area contributed by atoms with Crippen molar-refractivity contribution in [1.82, 2.24) is 19.6 Å². The molecule has 10 nitrogen and oxygen atoms in total. The molecule has 0 radical (unpaired) electrons. The molecule has 3 aromatic rings. The summed E-state index contributed by atoms with van der Waals surface area (Å²) in [6.07, 6.45) is 1.54. The van der Waals surface area contributed by atoms with Crippen molar-refractivity contribution in [3.63, 3.8) is 0 Å². The highest BCUT2D eigenvalue weighted by molar-refractivity contribution is 9.10. The number of hydrogen-bond donors (Lipinski definition) is 2. The summed E-state index contributed by atoms with van der Waals surface area (Å²) in [6.45, 7) is 8.66. The van der Waals surface area contributed by atoms with Gasteiger partial charge in [0.25, 0.3) is 0 Å². The topological polar surface area (TPSA) is 131 Å². The zero-order valence-corrected chi connectivity index (χ0v) is 28.6. The lowest BCUT2D eigenvalue weighted by molar-refractivity contribution is -0.153. The molecular weight excluding hydrogens is 691 g/mol. The number of piperidine rings is 1. The molecule has 2 aliphatic heterocycles. The number of H-pyrrole nitrogens is 1. The van der Waals surface area contributed by atoms with Gasteiger partial charge >= 0.3 is 12.1 Å². The number of hydrogen-bond acceptors (Lipinski definition) is 7. The maximum absolute atomic E-state index is 14.2. The summed E-state index contributed by atoms with van der Waals surface area (Å²) >= 11 is 9.64. The maximum atomic E-state index is 14.2. The number of carbonyl (C=O) groups is 2. The molecule has 0 saturated carbocycles. The highest BCUT2D eigenvalue weighted by Crippen LogP contribution is 2.45. The Morgan fingerprint density at radius 3 is 2.53 bits per heavy atom. The van der Waals surface area contributed by atoms with Gasteiger partial charge in [-0.1, -0.05) is 24.6 Å². The maximum Gasteiger partial charge on any atom is 0.408 e. The highest BCUT2D eigenvalue weighted by Gasteiger charge is 2.52. The number of nitrogens with zero attached hydrogens (tertiary/aromatic N) is 2. The van der Waals surface area contributed by atoms with Gasteiger partial charge in [-0.25, -0.2) is 27.4 Å². The van der Waals surface area contributed by atoms with Crippen molar-refractivity contribution in [2.24, 2.45) is 5.92 Å². The van der Waals surface area contributed by atoms with Crippen LogP contribution in [-0.2, 0) is 24.3 Å². The Balaban J connectivity index is 1.32. The minimum absolute atomic E-state index is 0.0201. The van der Waals surface area contributed by atoms with Crippen molar-refractivity contribution >= 4 is 49.6 Å². The van der Waals surface area contributed by atoms with E-state index in [-0.39, 0.29) is 15.8 Å². The van der Waals surface area contributed by atoms with E-state index in [1.807, 2.05) is 6.92 Å². The molecule has 0 aliphatic carbocycles. The van der Waals surface area contributed by atoms with E-state index in [2.05, 4.69) is 31.2 Å². The number of aromatic nitrogens is 2. The minimum Gasteiger partial charge on any atom is -0.461 e. The number of halogens is 3. The Bertz CT molecular complexity index is 1730. The molecule has 3 heterocycles. The molecule has 2 saturated heterocycles. The fourth-order valence-corrected chi connectivity index (χ4v) is 8.63. The summed E-state index contributed by atoms with van der Waals surface area (Å²) in [5, 5.41) is 2.56.